The molecule has 2 aromatic heterocycles. The van der Waals surface area contributed by atoms with E-state index in [2.05, 4.69) is 39.2 Å². The minimum absolute atomic E-state index is 0.121. The van der Waals surface area contributed by atoms with Crippen LogP contribution in [0.25, 0.3) is 5.13 Å². The maximum absolute atomic E-state index is 12.7. The highest BCUT2D eigenvalue weighted by Crippen LogP contribution is 2.25. The average molecular weight is 411 g/mol. The van der Waals surface area contributed by atoms with Crippen LogP contribution >= 0.6 is 11.3 Å². The van der Waals surface area contributed by atoms with Gasteiger partial charge in [0.15, 0.2) is 0 Å². The van der Waals surface area contributed by atoms with Gasteiger partial charge >= 0.3 is 0 Å². The molecule has 0 spiro atoms. The number of anilines is 1. The van der Waals surface area contributed by atoms with Crippen LogP contribution in [0.1, 0.15) is 28.5 Å². The smallest absolute Gasteiger partial charge is 0.268 e. The fourth-order valence-corrected chi connectivity index (χ4v) is 4.30. The zero-order chi connectivity index (χ0) is 20.2. The van der Waals surface area contributed by atoms with E-state index in [-0.39, 0.29) is 5.91 Å². The number of carbonyl (C=O) groups excluding carboxylic acids is 1. The van der Waals surface area contributed by atoms with Crippen LogP contribution in [0, 0.1) is 6.92 Å². The Morgan fingerprint density at radius 1 is 1.07 bits per heavy atom. The van der Waals surface area contributed by atoms with Crippen molar-refractivity contribution in [1.82, 2.24) is 25.0 Å². The fourth-order valence-electron chi connectivity index (χ4n) is 3.40. The van der Waals surface area contributed by atoms with E-state index in [9.17, 15) is 4.79 Å². The molecule has 7 nitrogen and oxygen atoms in total. The second-order valence-corrected chi connectivity index (χ2v) is 8.15. The number of nitrogens with one attached hydrogen (secondary N) is 1. The zero-order valence-electron chi connectivity index (χ0n) is 16.8. The minimum atomic E-state index is -0.121. The molecular weight excluding hydrogens is 384 g/mol. The lowest BCUT2D eigenvalue weighted by Crippen LogP contribution is -2.46. The third-order valence-electron chi connectivity index (χ3n) is 5.25. The second-order valence-electron chi connectivity index (χ2n) is 7.22. The van der Waals surface area contributed by atoms with Gasteiger partial charge in [0, 0.05) is 38.9 Å². The molecule has 0 saturated carbocycles. The molecule has 152 valence electrons. The summed E-state index contributed by atoms with van der Waals surface area (Å²) in [7, 11) is 0. The molecule has 0 atom stereocenters. The summed E-state index contributed by atoms with van der Waals surface area (Å²) in [6.45, 7) is 9.82. The Balaban J connectivity index is 1.43. The quantitative estimate of drug-likeness (QED) is 0.677. The first-order chi connectivity index (χ1) is 14.1. The summed E-state index contributed by atoms with van der Waals surface area (Å²) in [6.07, 6.45) is 1.86. The number of nitrogens with zero attached hydrogens (tertiary/aromatic N) is 5. The third-order valence-corrected chi connectivity index (χ3v) is 6.24. The summed E-state index contributed by atoms with van der Waals surface area (Å²) in [6, 6.07) is 11.8. The highest BCUT2D eigenvalue weighted by molar-refractivity contribution is 7.17. The van der Waals surface area contributed by atoms with Crippen molar-refractivity contribution in [2.24, 2.45) is 0 Å². The van der Waals surface area contributed by atoms with E-state index in [1.54, 1.807) is 0 Å². The SMILES string of the molecule is CCN1CCN(c2nnc(-n3cccc3C(=O)NCc3ccc(C)cc3)s2)CC1. The van der Waals surface area contributed by atoms with Crippen molar-refractivity contribution in [2.45, 2.75) is 20.4 Å². The normalized spacial score (nSPS) is 14.9. The Labute approximate surface area is 175 Å². The number of amides is 1. The molecule has 3 aromatic rings. The van der Waals surface area contributed by atoms with Crippen molar-refractivity contribution in [3.05, 3.63) is 59.4 Å². The van der Waals surface area contributed by atoms with Gasteiger partial charge in [-0.15, -0.1) is 10.2 Å². The first kappa shape index (κ1) is 19.6. The number of rotatable bonds is 6. The second kappa shape index (κ2) is 8.75. The van der Waals surface area contributed by atoms with Crippen molar-refractivity contribution in [1.29, 1.82) is 0 Å². The molecule has 1 aromatic carbocycles. The fraction of sp³-hybridized carbons (Fsp3) is 0.381. The van der Waals surface area contributed by atoms with Gasteiger partial charge < -0.3 is 15.1 Å². The van der Waals surface area contributed by atoms with E-state index < -0.39 is 0 Å². The Morgan fingerprint density at radius 3 is 2.52 bits per heavy atom. The first-order valence-corrected chi connectivity index (χ1v) is 10.8. The molecule has 3 heterocycles. The molecule has 4 rings (SSSR count). The largest absolute Gasteiger partial charge is 0.347 e. The van der Waals surface area contributed by atoms with Crippen LogP contribution in [0.15, 0.2) is 42.6 Å². The van der Waals surface area contributed by atoms with Crippen LogP contribution in [0.3, 0.4) is 0 Å². The number of carbonyl (C=O) groups is 1. The molecule has 0 unspecified atom stereocenters. The summed E-state index contributed by atoms with van der Waals surface area (Å²) >= 11 is 1.52. The molecule has 1 saturated heterocycles. The molecular formula is C21H26N6OS. The number of likely N-dealkylation sites (N-methyl/N-ethyl adjacent to an activating group) is 1. The van der Waals surface area contributed by atoms with E-state index in [0.29, 0.717) is 17.4 Å². The van der Waals surface area contributed by atoms with Crippen LogP contribution in [0.4, 0.5) is 5.13 Å². The highest BCUT2D eigenvalue weighted by Gasteiger charge is 2.21. The highest BCUT2D eigenvalue weighted by atomic mass is 32.1. The topological polar surface area (TPSA) is 66.3 Å². The lowest BCUT2D eigenvalue weighted by molar-refractivity contribution is 0.0944. The van der Waals surface area contributed by atoms with Gasteiger partial charge in [0.25, 0.3) is 5.91 Å². The molecule has 1 fully saturated rings. The molecule has 8 heteroatoms. The van der Waals surface area contributed by atoms with E-state index in [0.717, 1.165) is 43.4 Å². The van der Waals surface area contributed by atoms with Gasteiger partial charge in [0.05, 0.1) is 0 Å². The van der Waals surface area contributed by atoms with E-state index in [1.807, 2.05) is 47.2 Å². The summed E-state index contributed by atoms with van der Waals surface area (Å²) in [5, 5.41) is 13.3. The average Bonchev–Trinajstić information content (AvgIpc) is 3.43. The molecule has 29 heavy (non-hydrogen) atoms. The number of aromatic nitrogens is 3. The summed E-state index contributed by atoms with van der Waals surface area (Å²) in [5.74, 6) is -0.121. The van der Waals surface area contributed by atoms with Crippen molar-refractivity contribution < 1.29 is 4.79 Å². The van der Waals surface area contributed by atoms with Crippen molar-refractivity contribution in [3.8, 4) is 5.13 Å². The number of piperazine rings is 1. The van der Waals surface area contributed by atoms with Gasteiger partial charge in [-0.25, -0.2) is 0 Å². The predicted octanol–water partition coefficient (Wildman–Crippen LogP) is 2.71. The lowest BCUT2D eigenvalue weighted by Gasteiger charge is -2.33. The molecule has 1 N–H and O–H groups in total. The van der Waals surface area contributed by atoms with Crippen LogP contribution in [-0.2, 0) is 6.54 Å². The van der Waals surface area contributed by atoms with Crippen molar-refractivity contribution in [3.63, 3.8) is 0 Å². The van der Waals surface area contributed by atoms with Crippen LogP contribution in [0.5, 0.6) is 0 Å². The van der Waals surface area contributed by atoms with E-state index in [4.69, 9.17) is 0 Å². The number of benzene rings is 1. The summed E-state index contributed by atoms with van der Waals surface area (Å²) < 4.78 is 1.81. The summed E-state index contributed by atoms with van der Waals surface area (Å²) in [5.41, 5.74) is 2.85. The van der Waals surface area contributed by atoms with Crippen LogP contribution in [0.2, 0.25) is 0 Å². The first-order valence-electron chi connectivity index (χ1n) is 9.96. The van der Waals surface area contributed by atoms with Gasteiger partial charge in [-0.2, -0.15) is 0 Å². The van der Waals surface area contributed by atoms with Gasteiger partial charge in [0.2, 0.25) is 10.3 Å². The standard InChI is InChI=1S/C21H26N6OS/c1-3-25-11-13-26(14-12-25)20-23-24-21(29-20)27-10-4-5-18(27)19(28)22-15-17-8-6-16(2)7-9-17/h4-10H,3,11-15H2,1-2H3,(H,22,28). The molecule has 0 radical (unpaired) electrons. The maximum Gasteiger partial charge on any atom is 0.268 e. The van der Waals surface area contributed by atoms with E-state index in [1.165, 1.54) is 16.9 Å². The van der Waals surface area contributed by atoms with Crippen LogP contribution < -0.4 is 10.2 Å². The molecule has 0 bridgehead atoms. The molecule has 1 aliphatic rings. The number of hydrogen-bond acceptors (Lipinski definition) is 6. The number of hydrogen-bond donors (Lipinski definition) is 1. The maximum atomic E-state index is 12.7. The Hall–Kier alpha value is -2.71. The Morgan fingerprint density at radius 2 is 1.79 bits per heavy atom. The van der Waals surface area contributed by atoms with Crippen molar-refractivity contribution >= 4 is 22.4 Å². The van der Waals surface area contributed by atoms with Gasteiger partial charge in [-0.3, -0.25) is 9.36 Å². The van der Waals surface area contributed by atoms with Crippen molar-refractivity contribution in [2.75, 3.05) is 37.6 Å². The zero-order valence-corrected chi connectivity index (χ0v) is 17.7. The Bertz CT molecular complexity index is 956. The third kappa shape index (κ3) is 4.49. The molecule has 0 aliphatic carbocycles. The molecule has 1 amide bonds. The van der Waals surface area contributed by atoms with Gasteiger partial charge in [0.1, 0.15) is 5.69 Å². The predicted molar refractivity (Wildman–Crippen MR) is 116 cm³/mol. The summed E-state index contributed by atoms with van der Waals surface area (Å²) in [4.78, 5) is 17.4. The number of aryl methyl sites for hydroxylation is 1. The van der Waals surface area contributed by atoms with Gasteiger partial charge in [-0.1, -0.05) is 48.1 Å². The molecule has 1 aliphatic heterocycles. The van der Waals surface area contributed by atoms with E-state index >= 15 is 0 Å². The van der Waals surface area contributed by atoms with Crippen LogP contribution in [-0.4, -0.2) is 58.3 Å². The lowest BCUT2D eigenvalue weighted by atomic mass is 10.1. The minimum Gasteiger partial charge on any atom is -0.347 e. The Kier molecular flexibility index (Phi) is 5.92. The van der Waals surface area contributed by atoms with Gasteiger partial charge in [-0.05, 0) is 31.2 Å². The monoisotopic (exact) mass is 410 g/mol.